The van der Waals surface area contributed by atoms with Crippen LogP contribution in [0.15, 0.2) is 23.4 Å². The van der Waals surface area contributed by atoms with Crippen LogP contribution in [0.25, 0.3) is 0 Å². The first kappa shape index (κ1) is 10.1. The average molecular weight is 207 g/mol. The van der Waals surface area contributed by atoms with Gasteiger partial charge in [0.1, 0.15) is 5.78 Å². The van der Waals surface area contributed by atoms with Crippen molar-refractivity contribution in [2.45, 2.75) is 32.1 Å². The summed E-state index contributed by atoms with van der Waals surface area (Å²) in [6.07, 6.45) is 6.78. The summed E-state index contributed by atoms with van der Waals surface area (Å²) in [5.74, 6) is 0.646. The molecule has 0 amide bonds. The largest absolute Gasteiger partial charge is 0.300 e. The van der Waals surface area contributed by atoms with Crippen molar-refractivity contribution in [1.29, 1.82) is 0 Å². The van der Waals surface area contributed by atoms with Gasteiger partial charge in [0.05, 0.1) is 4.92 Å². The summed E-state index contributed by atoms with van der Waals surface area (Å²) in [6.45, 7) is 0. The Bertz CT molecular complexity index is 368. The maximum atomic E-state index is 11.3. The number of ketones is 1. The van der Waals surface area contributed by atoms with Gasteiger partial charge in [-0.15, -0.1) is 0 Å². The van der Waals surface area contributed by atoms with Gasteiger partial charge in [0, 0.05) is 18.9 Å². The van der Waals surface area contributed by atoms with E-state index in [1.54, 1.807) is 12.2 Å². The van der Waals surface area contributed by atoms with Gasteiger partial charge in [0.25, 0.3) is 5.70 Å². The summed E-state index contributed by atoms with van der Waals surface area (Å²) in [7, 11) is 0. The van der Waals surface area contributed by atoms with Crippen LogP contribution >= 0.6 is 0 Å². The summed E-state index contributed by atoms with van der Waals surface area (Å²) in [5, 5.41) is 10.6. The van der Waals surface area contributed by atoms with E-state index in [1.807, 2.05) is 0 Å². The van der Waals surface area contributed by atoms with E-state index in [-0.39, 0.29) is 16.4 Å². The molecule has 4 heteroatoms. The highest BCUT2D eigenvalue weighted by Gasteiger charge is 2.25. The molecule has 0 saturated heterocycles. The van der Waals surface area contributed by atoms with Crippen molar-refractivity contribution in [2.24, 2.45) is 5.92 Å². The van der Waals surface area contributed by atoms with Crippen molar-refractivity contribution in [3.8, 4) is 0 Å². The molecule has 0 aliphatic heterocycles. The quantitative estimate of drug-likeness (QED) is 0.489. The molecule has 1 atom stereocenters. The average Bonchev–Trinajstić information content (AvgIpc) is 2.40. The molecular formula is C11H13NO3. The van der Waals surface area contributed by atoms with E-state index >= 15 is 0 Å². The van der Waals surface area contributed by atoms with Gasteiger partial charge < -0.3 is 0 Å². The second-order valence-corrected chi connectivity index (χ2v) is 4.12. The predicted molar refractivity (Wildman–Crippen MR) is 54.7 cm³/mol. The summed E-state index contributed by atoms with van der Waals surface area (Å²) in [6, 6.07) is 0. The normalized spacial score (nSPS) is 26.1. The van der Waals surface area contributed by atoms with Gasteiger partial charge in [-0.1, -0.05) is 5.57 Å². The lowest BCUT2D eigenvalue weighted by Gasteiger charge is -2.18. The predicted octanol–water partition coefficient (Wildman–Crippen LogP) is 2.24. The van der Waals surface area contributed by atoms with Crippen LogP contribution in [0, 0.1) is 16.0 Å². The van der Waals surface area contributed by atoms with Crippen molar-refractivity contribution in [3.05, 3.63) is 33.5 Å². The van der Waals surface area contributed by atoms with Crippen molar-refractivity contribution < 1.29 is 9.72 Å². The van der Waals surface area contributed by atoms with Gasteiger partial charge >= 0.3 is 0 Å². The van der Waals surface area contributed by atoms with Gasteiger partial charge in [-0.2, -0.15) is 0 Å². The molecule has 80 valence electrons. The number of nitro groups is 1. The smallest absolute Gasteiger partial charge is 0.265 e. The third-order valence-corrected chi connectivity index (χ3v) is 3.14. The Morgan fingerprint density at radius 3 is 2.87 bits per heavy atom. The standard InChI is InChI=1S/C11H13NO3/c13-11-5-2-8-1-4-10(12(14)15)7-9(8)3-6-11/h4,7-8H,1-3,5-6H2. The molecule has 1 fully saturated rings. The van der Waals surface area contributed by atoms with Crippen LogP contribution in [0.2, 0.25) is 0 Å². The summed E-state index contributed by atoms with van der Waals surface area (Å²) < 4.78 is 0. The topological polar surface area (TPSA) is 60.2 Å². The molecule has 4 nitrogen and oxygen atoms in total. The molecule has 2 rings (SSSR count). The molecule has 0 N–H and O–H groups in total. The van der Waals surface area contributed by atoms with E-state index in [0.29, 0.717) is 25.2 Å². The van der Waals surface area contributed by atoms with E-state index in [0.717, 1.165) is 18.4 Å². The molecule has 15 heavy (non-hydrogen) atoms. The number of fused-ring (bicyclic) bond motifs is 1. The first-order valence-electron chi connectivity index (χ1n) is 5.23. The molecular weight excluding hydrogens is 194 g/mol. The Kier molecular flexibility index (Phi) is 2.66. The van der Waals surface area contributed by atoms with Crippen molar-refractivity contribution >= 4 is 5.78 Å². The molecule has 0 aromatic heterocycles. The fraction of sp³-hybridized carbons (Fsp3) is 0.545. The van der Waals surface area contributed by atoms with Crippen LogP contribution in [0.1, 0.15) is 32.1 Å². The van der Waals surface area contributed by atoms with Crippen molar-refractivity contribution in [2.75, 3.05) is 0 Å². The molecule has 0 aromatic carbocycles. The lowest BCUT2D eigenvalue weighted by atomic mass is 9.87. The first-order valence-corrected chi connectivity index (χ1v) is 5.23. The number of carbonyl (C=O) groups is 1. The molecule has 0 radical (unpaired) electrons. The van der Waals surface area contributed by atoms with Crippen LogP contribution in [-0.4, -0.2) is 10.7 Å². The maximum Gasteiger partial charge on any atom is 0.265 e. The molecule has 0 bridgehead atoms. The fourth-order valence-electron chi connectivity index (χ4n) is 2.23. The SMILES string of the molecule is O=C1CCC2=CC([N+](=O)[O-])=CCC2CC1. The Morgan fingerprint density at radius 1 is 1.33 bits per heavy atom. The van der Waals surface area contributed by atoms with Crippen LogP contribution in [0.4, 0.5) is 0 Å². The van der Waals surface area contributed by atoms with Crippen LogP contribution < -0.4 is 0 Å². The minimum atomic E-state index is -0.351. The molecule has 0 spiro atoms. The van der Waals surface area contributed by atoms with E-state index in [2.05, 4.69) is 0 Å². The number of carbonyl (C=O) groups excluding carboxylic acids is 1. The number of rotatable bonds is 1. The van der Waals surface area contributed by atoms with E-state index < -0.39 is 0 Å². The number of allylic oxidation sites excluding steroid dienone is 3. The fourth-order valence-corrected chi connectivity index (χ4v) is 2.23. The molecule has 1 unspecified atom stereocenters. The van der Waals surface area contributed by atoms with Gasteiger partial charge in [0.2, 0.25) is 0 Å². The monoisotopic (exact) mass is 207 g/mol. The number of hydrogen-bond donors (Lipinski definition) is 0. The van der Waals surface area contributed by atoms with Crippen LogP contribution in [0.5, 0.6) is 0 Å². The Morgan fingerprint density at radius 2 is 2.13 bits per heavy atom. The molecule has 0 heterocycles. The van der Waals surface area contributed by atoms with Gasteiger partial charge in [-0.05, 0) is 31.3 Å². The number of nitrogens with zero attached hydrogens (tertiary/aromatic N) is 1. The number of hydrogen-bond acceptors (Lipinski definition) is 3. The second kappa shape index (κ2) is 3.96. The second-order valence-electron chi connectivity index (χ2n) is 4.12. The zero-order valence-electron chi connectivity index (χ0n) is 8.44. The molecule has 2 aliphatic carbocycles. The molecule has 2 aliphatic rings. The van der Waals surface area contributed by atoms with Gasteiger partial charge in [0.15, 0.2) is 0 Å². The highest BCUT2D eigenvalue weighted by Crippen LogP contribution is 2.33. The minimum absolute atomic E-state index is 0.190. The lowest BCUT2D eigenvalue weighted by molar-refractivity contribution is -0.419. The van der Waals surface area contributed by atoms with Crippen LogP contribution in [-0.2, 0) is 4.79 Å². The Balaban J connectivity index is 2.19. The van der Waals surface area contributed by atoms with Crippen molar-refractivity contribution in [3.63, 3.8) is 0 Å². The van der Waals surface area contributed by atoms with E-state index in [1.165, 1.54) is 0 Å². The summed E-state index contributed by atoms with van der Waals surface area (Å²) in [5.41, 5.74) is 1.28. The third-order valence-electron chi connectivity index (χ3n) is 3.14. The first-order chi connectivity index (χ1) is 7.16. The zero-order chi connectivity index (χ0) is 10.8. The highest BCUT2D eigenvalue weighted by molar-refractivity contribution is 5.79. The Labute approximate surface area is 87.8 Å². The van der Waals surface area contributed by atoms with Crippen LogP contribution in [0.3, 0.4) is 0 Å². The Hall–Kier alpha value is -1.45. The zero-order valence-corrected chi connectivity index (χ0v) is 8.44. The van der Waals surface area contributed by atoms with E-state index in [4.69, 9.17) is 0 Å². The van der Waals surface area contributed by atoms with Gasteiger partial charge in [-0.25, -0.2) is 0 Å². The minimum Gasteiger partial charge on any atom is -0.300 e. The summed E-state index contributed by atoms with van der Waals surface area (Å²) >= 11 is 0. The maximum absolute atomic E-state index is 11.3. The molecule has 1 saturated carbocycles. The van der Waals surface area contributed by atoms with Crippen molar-refractivity contribution in [1.82, 2.24) is 0 Å². The van der Waals surface area contributed by atoms with Gasteiger partial charge in [-0.3, -0.25) is 14.9 Å². The third kappa shape index (κ3) is 2.14. The summed E-state index contributed by atoms with van der Waals surface area (Å²) in [4.78, 5) is 21.5. The van der Waals surface area contributed by atoms with E-state index in [9.17, 15) is 14.9 Å². The molecule has 0 aromatic rings. The number of Topliss-reactive ketones (excluding diaryl/α,β-unsaturated/α-hetero) is 1. The lowest BCUT2D eigenvalue weighted by Crippen LogP contribution is -2.09. The highest BCUT2D eigenvalue weighted by atomic mass is 16.6.